The summed E-state index contributed by atoms with van der Waals surface area (Å²) in [5, 5.41) is 3.00. The average Bonchev–Trinajstić information content (AvgIpc) is 2.85. The van der Waals surface area contributed by atoms with Crippen molar-refractivity contribution in [2.45, 2.75) is 13.0 Å². The third-order valence-electron chi connectivity index (χ3n) is 4.06. The van der Waals surface area contributed by atoms with Gasteiger partial charge in [0, 0.05) is 11.8 Å². The normalized spacial score (nSPS) is 14.2. The Bertz CT molecular complexity index is 888. The molecular formula is C18H14Cl2N2O4. The van der Waals surface area contributed by atoms with Crippen molar-refractivity contribution < 1.29 is 19.1 Å². The molecule has 2 aromatic rings. The van der Waals surface area contributed by atoms with Crippen molar-refractivity contribution in [3.63, 3.8) is 0 Å². The molecule has 3 rings (SSSR count). The van der Waals surface area contributed by atoms with Gasteiger partial charge in [0.1, 0.15) is 11.8 Å². The van der Waals surface area contributed by atoms with Crippen LogP contribution in [0.2, 0.25) is 10.0 Å². The highest BCUT2D eigenvalue weighted by Crippen LogP contribution is 2.32. The molecule has 0 saturated heterocycles. The van der Waals surface area contributed by atoms with Gasteiger partial charge in [-0.25, -0.2) is 0 Å². The monoisotopic (exact) mass is 392 g/mol. The molecule has 2 aromatic carbocycles. The first-order valence-electron chi connectivity index (χ1n) is 7.65. The number of hydrogen-bond acceptors (Lipinski definition) is 4. The summed E-state index contributed by atoms with van der Waals surface area (Å²) in [4.78, 5) is 38.6. The molecule has 1 unspecified atom stereocenters. The minimum absolute atomic E-state index is 0.130. The zero-order valence-electron chi connectivity index (χ0n) is 13.9. The van der Waals surface area contributed by atoms with Gasteiger partial charge in [0.2, 0.25) is 5.91 Å². The molecule has 0 radical (unpaired) electrons. The molecule has 134 valence electrons. The Balaban J connectivity index is 1.83. The van der Waals surface area contributed by atoms with Crippen molar-refractivity contribution in [3.05, 3.63) is 57.6 Å². The number of nitrogens with one attached hydrogen (secondary N) is 1. The second-order valence-electron chi connectivity index (χ2n) is 5.69. The summed E-state index contributed by atoms with van der Waals surface area (Å²) in [6, 6.07) is 8.41. The third kappa shape index (κ3) is 3.13. The van der Waals surface area contributed by atoms with Crippen molar-refractivity contribution in [1.82, 2.24) is 4.90 Å². The lowest BCUT2D eigenvalue weighted by Crippen LogP contribution is -2.45. The number of benzene rings is 2. The van der Waals surface area contributed by atoms with E-state index in [1.807, 2.05) is 0 Å². The minimum atomic E-state index is -1.02. The third-order valence-corrected chi connectivity index (χ3v) is 4.79. The van der Waals surface area contributed by atoms with E-state index < -0.39 is 23.8 Å². The fraction of sp³-hybridized carbons (Fsp3) is 0.167. The van der Waals surface area contributed by atoms with Crippen molar-refractivity contribution >= 4 is 46.6 Å². The number of nitrogens with zero attached hydrogens (tertiary/aromatic N) is 1. The SMILES string of the molecule is COc1cccc(NC(=O)C(C)N2C(=O)c3cc(Cl)c(Cl)cc3C2=O)c1. The second kappa shape index (κ2) is 6.97. The first-order valence-corrected chi connectivity index (χ1v) is 8.41. The summed E-state index contributed by atoms with van der Waals surface area (Å²) in [5.41, 5.74) is 0.750. The highest BCUT2D eigenvalue weighted by Gasteiger charge is 2.41. The molecule has 0 aromatic heterocycles. The Kier molecular flexibility index (Phi) is 4.89. The zero-order valence-corrected chi connectivity index (χ0v) is 15.4. The van der Waals surface area contributed by atoms with Crippen LogP contribution in [0, 0.1) is 0 Å². The van der Waals surface area contributed by atoms with Crippen molar-refractivity contribution in [2.24, 2.45) is 0 Å². The summed E-state index contributed by atoms with van der Waals surface area (Å²) in [6.45, 7) is 1.47. The van der Waals surface area contributed by atoms with E-state index in [0.29, 0.717) is 11.4 Å². The van der Waals surface area contributed by atoms with Gasteiger partial charge in [-0.3, -0.25) is 19.3 Å². The number of amides is 3. The van der Waals surface area contributed by atoms with E-state index in [4.69, 9.17) is 27.9 Å². The van der Waals surface area contributed by atoms with E-state index >= 15 is 0 Å². The van der Waals surface area contributed by atoms with Gasteiger partial charge in [0.15, 0.2) is 0 Å². The highest BCUT2D eigenvalue weighted by molar-refractivity contribution is 6.43. The van der Waals surface area contributed by atoms with Gasteiger partial charge >= 0.3 is 0 Å². The standard InChI is InChI=1S/C18H14Cl2N2O4/c1-9(16(23)21-10-4-3-5-11(6-10)26-2)22-17(24)12-7-14(19)15(20)8-13(12)18(22)25/h3-9H,1-2H3,(H,21,23). The Morgan fingerprint density at radius 3 is 2.19 bits per heavy atom. The molecule has 1 N–H and O–H groups in total. The molecule has 0 bridgehead atoms. The van der Waals surface area contributed by atoms with Crippen LogP contribution >= 0.6 is 23.2 Å². The highest BCUT2D eigenvalue weighted by atomic mass is 35.5. The lowest BCUT2D eigenvalue weighted by atomic mass is 10.1. The van der Waals surface area contributed by atoms with Crippen molar-refractivity contribution in [1.29, 1.82) is 0 Å². The zero-order chi connectivity index (χ0) is 19.0. The van der Waals surface area contributed by atoms with Crippen LogP contribution in [0.1, 0.15) is 27.6 Å². The Morgan fingerprint density at radius 1 is 1.08 bits per heavy atom. The molecule has 0 spiro atoms. The van der Waals surface area contributed by atoms with Crippen LogP contribution in [0.4, 0.5) is 5.69 Å². The minimum Gasteiger partial charge on any atom is -0.497 e. The van der Waals surface area contributed by atoms with Crippen LogP contribution < -0.4 is 10.1 Å². The van der Waals surface area contributed by atoms with Crippen molar-refractivity contribution in [3.8, 4) is 5.75 Å². The van der Waals surface area contributed by atoms with E-state index in [1.165, 1.54) is 26.2 Å². The molecule has 0 aliphatic carbocycles. The first-order chi connectivity index (χ1) is 12.3. The molecule has 26 heavy (non-hydrogen) atoms. The molecule has 1 aliphatic heterocycles. The van der Waals surface area contributed by atoms with Crippen LogP contribution in [-0.2, 0) is 4.79 Å². The maximum absolute atomic E-state index is 12.6. The molecule has 1 atom stereocenters. The van der Waals surface area contributed by atoms with E-state index in [2.05, 4.69) is 5.32 Å². The van der Waals surface area contributed by atoms with E-state index in [0.717, 1.165) is 4.90 Å². The molecule has 1 heterocycles. The van der Waals surface area contributed by atoms with Gasteiger partial charge in [0.05, 0.1) is 28.3 Å². The molecule has 8 heteroatoms. The maximum Gasteiger partial charge on any atom is 0.262 e. The van der Waals surface area contributed by atoms with Gasteiger partial charge in [-0.05, 0) is 31.2 Å². The van der Waals surface area contributed by atoms with Crippen LogP contribution in [0.25, 0.3) is 0 Å². The lowest BCUT2D eigenvalue weighted by Gasteiger charge is -2.21. The Morgan fingerprint density at radius 2 is 1.65 bits per heavy atom. The number of imide groups is 1. The van der Waals surface area contributed by atoms with Gasteiger partial charge < -0.3 is 10.1 Å². The summed E-state index contributed by atoms with van der Waals surface area (Å²) in [7, 11) is 1.51. The largest absolute Gasteiger partial charge is 0.497 e. The van der Waals surface area contributed by atoms with Crippen LogP contribution in [0.15, 0.2) is 36.4 Å². The summed E-state index contributed by atoms with van der Waals surface area (Å²) >= 11 is 11.9. The Labute approximate surface area is 159 Å². The number of ether oxygens (including phenoxy) is 1. The van der Waals surface area contributed by atoms with Crippen LogP contribution in [-0.4, -0.2) is 35.8 Å². The molecule has 0 saturated carbocycles. The number of halogens is 2. The number of methoxy groups -OCH3 is 1. The fourth-order valence-corrected chi connectivity index (χ4v) is 3.00. The molecular weight excluding hydrogens is 379 g/mol. The van der Waals surface area contributed by atoms with E-state index in [-0.39, 0.29) is 21.2 Å². The number of hydrogen-bond donors (Lipinski definition) is 1. The van der Waals surface area contributed by atoms with E-state index in [1.54, 1.807) is 24.3 Å². The van der Waals surface area contributed by atoms with E-state index in [9.17, 15) is 14.4 Å². The van der Waals surface area contributed by atoms with Gasteiger partial charge in [-0.1, -0.05) is 29.3 Å². The average molecular weight is 393 g/mol. The summed E-state index contributed by atoms with van der Waals surface area (Å²) in [6.07, 6.45) is 0. The number of rotatable bonds is 4. The van der Waals surface area contributed by atoms with Crippen LogP contribution in [0.5, 0.6) is 5.75 Å². The fourth-order valence-electron chi connectivity index (χ4n) is 2.67. The van der Waals surface area contributed by atoms with Gasteiger partial charge in [-0.2, -0.15) is 0 Å². The Hall–Kier alpha value is -2.57. The van der Waals surface area contributed by atoms with Gasteiger partial charge in [-0.15, -0.1) is 0 Å². The number of fused-ring (bicyclic) bond motifs is 1. The summed E-state index contributed by atoms with van der Waals surface area (Å²) < 4.78 is 5.10. The predicted octanol–water partition coefficient (Wildman–Crippen LogP) is 3.63. The summed E-state index contributed by atoms with van der Waals surface area (Å²) in [5.74, 6) is -1.11. The van der Waals surface area contributed by atoms with Crippen molar-refractivity contribution in [2.75, 3.05) is 12.4 Å². The molecule has 3 amide bonds. The van der Waals surface area contributed by atoms with Gasteiger partial charge in [0.25, 0.3) is 11.8 Å². The number of carbonyl (C=O) groups is 3. The molecule has 0 fully saturated rings. The number of anilines is 1. The topological polar surface area (TPSA) is 75.7 Å². The molecule has 1 aliphatic rings. The predicted molar refractivity (Wildman–Crippen MR) is 98.0 cm³/mol. The maximum atomic E-state index is 12.6. The lowest BCUT2D eigenvalue weighted by molar-refractivity contribution is -0.119. The second-order valence-corrected chi connectivity index (χ2v) is 6.50. The smallest absolute Gasteiger partial charge is 0.262 e. The quantitative estimate of drug-likeness (QED) is 0.806. The molecule has 6 nitrogen and oxygen atoms in total. The number of carbonyl (C=O) groups excluding carboxylic acids is 3. The van der Waals surface area contributed by atoms with Crippen LogP contribution in [0.3, 0.4) is 0 Å². The first kappa shape index (κ1) is 18.2.